The van der Waals surface area contributed by atoms with Gasteiger partial charge in [-0.2, -0.15) is 0 Å². The lowest BCUT2D eigenvalue weighted by Crippen LogP contribution is -2.16. The van der Waals surface area contributed by atoms with E-state index in [0.29, 0.717) is 0 Å². The largest absolute Gasteiger partial charge is 0.310 e. The van der Waals surface area contributed by atoms with Gasteiger partial charge in [0.2, 0.25) is 0 Å². The number of para-hydroxylation sites is 2. The minimum Gasteiger partial charge on any atom is -0.310 e. The third-order valence-electron chi connectivity index (χ3n) is 13.4. The molecule has 2 nitrogen and oxygen atoms in total. The molecule has 0 bridgehead atoms. The lowest BCUT2D eigenvalue weighted by Gasteiger charge is -2.28. The topological polar surface area (TPSA) is 8.17 Å². The molecule has 1 aliphatic carbocycles. The van der Waals surface area contributed by atoms with Gasteiger partial charge in [0.1, 0.15) is 0 Å². The summed E-state index contributed by atoms with van der Waals surface area (Å²) in [4.78, 5) is 2.42. The molecule has 0 unspecified atom stereocenters. The number of nitrogens with zero attached hydrogens (tertiary/aromatic N) is 2. The molecule has 0 fully saturated rings. The Bertz CT molecular complexity index is 3500. The molecule has 10 aromatic carbocycles. The van der Waals surface area contributed by atoms with Crippen molar-refractivity contribution in [3.63, 3.8) is 0 Å². The molecule has 11 aromatic rings. The summed E-state index contributed by atoms with van der Waals surface area (Å²) in [5.41, 5.74) is 19.5. The van der Waals surface area contributed by atoms with E-state index in [-0.39, 0.29) is 5.41 Å². The van der Waals surface area contributed by atoms with Crippen LogP contribution >= 0.6 is 0 Å². The van der Waals surface area contributed by atoms with Crippen LogP contribution < -0.4 is 4.90 Å². The van der Waals surface area contributed by atoms with Crippen molar-refractivity contribution in [2.75, 3.05) is 4.90 Å². The van der Waals surface area contributed by atoms with Crippen LogP contribution in [0, 0.1) is 0 Å². The summed E-state index contributed by atoms with van der Waals surface area (Å²) >= 11 is 0. The second-order valence-corrected chi connectivity index (χ2v) is 17.4. The Kier molecular flexibility index (Phi) is 8.55. The Balaban J connectivity index is 0.898. The number of benzene rings is 10. The smallest absolute Gasteiger partial charge is 0.0541 e. The van der Waals surface area contributed by atoms with Gasteiger partial charge >= 0.3 is 0 Å². The highest BCUT2D eigenvalue weighted by Crippen LogP contribution is 2.51. The Morgan fingerprint density at radius 2 is 0.841 bits per heavy atom. The molecule has 298 valence electrons. The van der Waals surface area contributed by atoms with Gasteiger partial charge in [-0.1, -0.05) is 172 Å². The van der Waals surface area contributed by atoms with Crippen molar-refractivity contribution in [1.82, 2.24) is 4.57 Å². The van der Waals surface area contributed by atoms with Crippen LogP contribution in [0.15, 0.2) is 231 Å². The molecule has 0 N–H and O–H groups in total. The van der Waals surface area contributed by atoms with E-state index in [4.69, 9.17) is 0 Å². The number of aromatic nitrogens is 1. The van der Waals surface area contributed by atoms with Crippen LogP contribution in [0.25, 0.3) is 82.8 Å². The van der Waals surface area contributed by atoms with Crippen molar-refractivity contribution in [2.45, 2.75) is 19.3 Å². The first-order chi connectivity index (χ1) is 31.0. The van der Waals surface area contributed by atoms with E-state index in [1.165, 1.54) is 93.9 Å². The molecule has 0 aliphatic heterocycles. The number of rotatable bonds is 7. The number of hydrogen-bond acceptors (Lipinski definition) is 1. The molecule has 0 amide bonds. The number of anilines is 3. The van der Waals surface area contributed by atoms with Crippen LogP contribution in [0.5, 0.6) is 0 Å². The van der Waals surface area contributed by atoms with Gasteiger partial charge in [-0.25, -0.2) is 0 Å². The number of fused-ring (bicyclic) bond motifs is 7. The maximum absolute atomic E-state index is 2.42. The average Bonchev–Trinajstić information content (AvgIpc) is 3.80. The van der Waals surface area contributed by atoms with E-state index < -0.39 is 0 Å². The van der Waals surface area contributed by atoms with Crippen LogP contribution in [-0.4, -0.2) is 4.57 Å². The van der Waals surface area contributed by atoms with Crippen molar-refractivity contribution < 1.29 is 0 Å². The molecule has 0 saturated carbocycles. The zero-order valence-corrected chi connectivity index (χ0v) is 35.3. The highest BCUT2D eigenvalue weighted by molar-refractivity contribution is 6.10. The van der Waals surface area contributed by atoms with Gasteiger partial charge < -0.3 is 9.47 Å². The van der Waals surface area contributed by atoms with Crippen LogP contribution in [0.3, 0.4) is 0 Å². The first-order valence-corrected chi connectivity index (χ1v) is 21.9. The molecule has 2 heteroatoms. The fraction of sp³-hybridized carbons (Fsp3) is 0.0492. The summed E-state index contributed by atoms with van der Waals surface area (Å²) in [5, 5.41) is 4.96. The SMILES string of the molecule is CC1(C)c2ccccc2-c2ccc(N(c3ccc(-c4ccc(-c5ccc6c(c5)c5ccccc5n6-c5ccccc5)cc4)cc3)c3ccc4cc(-c5ccccc5)ccc4c3)cc21. The Hall–Kier alpha value is -7.94. The van der Waals surface area contributed by atoms with Gasteiger partial charge in [0.05, 0.1) is 11.0 Å². The third kappa shape index (κ3) is 6.17. The van der Waals surface area contributed by atoms with E-state index >= 15 is 0 Å². The molecular weight excluding hydrogens is 761 g/mol. The van der Waals surface area contributed by atoms with Crippen LogP contribution in [0.1, 0.15) is 25.0 Å². The van der Waals surface area contributed by atoms with E-state index in [1.807, 2.05) is 0 Å². The Labute approximate surface area is 368 Å². The summed E-state index contributed by atoms with van der Waals surface area (Å²) in [5.74, 6) is 0. The highest BCUT2D eigenvalue weighted by atomic mass is 15.1. The minimum absolute atomic E-state index is 0.104. The van der Waals surface area contributed by atoms with E-state index in [0.717, 1.165) is 17.1 Å². The Morgan fingerprint density at radius 1 is 0.333 bits per heavy atom. The van der Waals surface area contributed by atoms with E-state index in [2.05, 4.69) is 254 Å². The quantitative estimate of drug-likeness (QED) is 0.156. The standard InChI is InChI=1S/C61H44N2/c1-61(2)57-19-11-9-17-53(57)54-35-34-52(40-58(54)61)62(51-33-29-46-37-45(25-26-47(46)38-51)41-13-5-3-6-14-41)50-31-27-43(28-32-50)42-21-23-44(24-22-42)48-30-36-60-56(39-48)55-18-10-12-20-59(55)63(60)49-15-7-4-8-16-49/h3-40H,1-2H3. The Morgan fingerprint density at radius 3 is 1.63 bits per heavy atom. The summed E-state index contributed by atoms with van der Waals surface area (Å²) in [6.45, 7) is 4.71. The van der Waals surface area contributed by atoms with Crippen molar-refractivity contribution in [3.8, 4) is 50.2 Å². The first-order valence-electron chi connectivity index (χ1n) is 21.9. The lowest BCUT2D eigenvalue weighted by atomic mass is 9.82. The molecule has 1 heterocycles. The summed E-state index contributed by atoms with van der Waals surface area (Å²) in [7, 11) is 0. The van der Waals surface area contributed by atoms with Gasteiger partial charge in [-0.15, -0.1) is 0 Å². The van der Waals surface area contributed by atoms with Crippen LogP contribution in [0.2, 0.25) is 0 Å². The molecule has 0 atom stereocenters. The predicted molar refractivity (Wildman–Crippen MR) is 267 cm³/mol. The van der Waals surface area contributed by atoms with Crippen molar-refractivity contribution >= 4 is 49.6 Å². The van der Waals surface area contributed by atoms with Gasteiger partial charge in [-0.05, 0) is 139 Å². The monoisotopic (exact) mass is 804 g/mol. The molecule has 1 aliphatic rings. The van der Waals surface area contributed by atoms with Gasteiger partial charge in [0, 0.05) is 38.9 Å². The van der Waals surface area contributed by atoms with Gasteiger partial charge in [-0.3, -0.25) is 0 Å². The zero-order chi connectivity index (χ0) is 42.1. The van der Waals surface area contributed by atoms with Crippen LogP contribution in [-0.2, 0) is 5.41 Å². The van der Waals surface area contributed by atoms with E-state index in [9.17, 15) is 0 Å². The average molecular weight is 805 g/mol. The molecular formula is C61H44N2. The predicted octanol–water partition coefficient (Wildman–Crippen LogP) is 16.7. The number of hydrogen-bond donors (Lipinski definition) is 0. The molecule has 12 rings (SSSR count). The second kappa shape index (κ2) is 14.6. The van der Waals surface area contributed by atoms with E-state index in [1.54, 1.807) is 0 Å². The fourth-order valence-corrected chi connectivity index (χ4v) is 10.1. The second-order valence-electron chi connectivity index (χ2n) is 17.4. The maximum atomic E-state index is 2.42. The summed E-state index contributed by atoms with van der Waals surface area (Å²) in [6, 6.07) is 84.6. The van der Waals surface area contributed by atoms with Gasteiger partial charge in [0.25, 0.3) is 0 Å². The van der Waals surface area contributed by atoms with Crippen LogP contribution in [0.4, 0.5) is 17.1 Å². The molecule has 63 heavy (non-hydrogen) atoms. The molecule has 1 aromatic heterocycles. The van der Waals surface area contributed by atoms with Gasteiger partial charge in [0.15, 0.2) is 0 Å². The van der Waals surface area contributed by atoms with Crippen molar-refractivity contribution in [3.05, 3.63) is 242 Å². The minimum atomic E-state index is -0.104. The third-order valence-corrected chi connectivity index (χ3v) is 13.4. The maximum Gasteiger partial charge on any atom is 0.0541 e. The normalized spacial score (nSPS) is 12.7. The zero-order valence-electron chi connectivity index (χ0n) is 35.3. The summed E-state index contributed by atoms with van der Waals surface area (Å²) < 4.78 is 2.37. The first kappa shape index (κ1) is 36.9. The molecule has 0 saturated heterocycles. The lowest BCUT2D eigenvalue weighted by molar-refractivity contribution is 0.660. The molecule has 0 spiro atoms. The molecule has 0 radical (unpaired) electrons. The van der Waals surface area contributed by atoms with Crippen molar-refractivity contribution in [1.29, 1.82) is 0 Å². The summed E-state index contributed by atoms with van der Waals surface area (Å²) in [6.07, 6.45) is 0. The van der Waals surface area contributed by atoms with Crippen molar-refractivity contribution in [2.24, 2.45) is 0 Å². The highest BCUT2D eigenvalue weighted by Gasteiger charge is 2.35. The fourth-order valence-electron chi connectivity index (χ4n) is 10.1.